The molecule has 0 fully saturated rings. The molecule has 0 heterocycles. The van der Waals surface area contributed by atoms with Crippen LogP contribution in [-0.2, 0) is 30.4 Å². The highest BCUT2D eigenvalue weighted by atomic mass is 16.6. The Morgan fingerprint density at radius 2 is 1.53 bits per heavy atom. The molecule has 0 aromatic heterocycles. The Kier molecular flexibility index (Phi) is 10.3. The number of esters is 1. The Morgan fingerprint density at radius 1 is 0.911 bits per heavy atom. The first kappa shape index (κ1) is 32.8. The van der Waals surface area contributed by atoms with Crippen molar-refractivity contribution in [2.45, 2.75) is 51.3 Å². The number of rotatable bonds is 12. The quantitative estimate of drug-likeness (QED) is 0.275. The third kappa shape index (κ3) is 8.31. The maximum absolute atomic E-state index is 13.8. The van der Waals surface area contributed by atoms with Gasteiger partial charge in [-0.05, 0) is 55.2 Å². The van der Waals surface area contributed by atoms with Gasteiger partial charge in [-0.2, -0.15) is 0 Å². The zero-order chi connectivity index (χ0) is 32.7. The third-order valence-electron chi connectivity index (χ3n) is 7.22. The van der Waals surface area contributed by atoms with E-state index in [9.17, 15) is 24.3 Å². The summed E-state index contributed by atoms with van der Waals surface area (Å²) in [7, 11) is 2.95. The Labute approximate surface area is 262 Å². The van der Waals surface area contributed by atoms with Crippen molar-refractivity contribution in [1.82, 2.24) is 10.2 Å². The summed E-state index contributed by atoms with van der Waals surface area (Å²) in [5, 5.41) is 12.0. The number of aliphatic carboxylic acids is 1. The highest BCUT2D eigenvalue weighted by Crippen LogP contribution is 2.44. The fourth-order valence-corrected chi connectivity index (χ4v) is 5.31. The molecule has 1 aliphatic carbocycles. The minimum absolute atomic E-state index is 0.0293. The van der Waals surface area contributed by atoms with Crippen LogP contribution in [0.5, 0.6) is 11.5 Å². The number of hydrogen-bond donors (Lipinski definition) is 2. The molecule has 0 aliphatic heterocycles. The number of carbonyl (C=O) groups excluding carboxylic acids is 3. The van der Waals surface area contributed by atoms with Crippen LogP contribution < -0.4 is 14.8 Å². The second kappa shape index (κ2) is 14.1. The van der Waals surface area contributed by atoms with Gasteiger partial charge in [0.2, 0.25) is 5.91 Å². The molecule has 4 rings (SSSR count). The largest absolute Gasteiger partial charge is 0.497 e. The van der Waals surface area contributed by atoms with Crippen LogP contribution in [0.25, 0.3) is 11.1 Å². The van der Waals surface area contributed by atoms with Gasteiger partial charge in [0.1, 0.15) is 36.3 Å². The van der Waals surface area contributed by atoms with Crippen LogP contribution in [0.4, 0.5) is 4.79 Å². The molecule has 1 atom stereocenters. The number of fused-ring (bicyclic) bond motifs is 3. The van der Waals surface area contributed by atoms with E-state index in [-0.39, 0.29) is 19.1 Å². The van der Waals surface area contributed by atoms with Crippen LogP contribution in [0.3, 0.4) is 0 Å². The van der Waals surface area contributed by atoms with Crippen molar-refractivity contribution in [2.75, 3.05) is 27.4 Å². The number of benzene rings is 3. The lowest BCUT2D eigenvalue weighted by atomic mass is 9.98. The molecular formula is C34H38N2O9. The molecule has 2 amide bonds. The number of carbonyl (C=O) groups is 4. The summed E-state index contributed by atoms with van der Waals surface area (Å²) in [6.45, 7) is 4.39. The highest BCUT2D eigenvalue weighted by molar-refractivity contribution is 5.91. The Hall–Kier alpha value is -5.06. The Morgan fingerprint density at radius 3 is 2.09 bits per heavy atom. The lowest BCUT2D eigenvalue weighted by Crippen LogP contribution is -2.51. The SMILES string of the molecule is COc1ccc(CN(CC(=O)OC(C)(C)C)C(=O)[C@H](CC(=O)O)NC(=O)OCC2c3ccccc3-c3ccccc32)c(OC)c1. The number of amides is 2. The molecule has 11 heteroatoms. The lowest BCUT2D eigenvalue weighted by Gasteiger charge is -2.29. The van der Waals surface area contributed by atoms with E-state index >= 15 is 0 Å². The van der Waals surface area contributed by atoms with E-state index in [2.05, 4.69) is 5.32 Å². The van der Waals surface area contributed by atoms with Gasteiger partial charge < -0.3 is 34.3 Å². The number of methoxy groups -OCH3 is 2. The topological polar surface area (TPSA) is 141 Å². The zero-order valence-corrected chi connectivity index (χ0v) is 26.0. The maximum atomic E-state index is 13.8. The van der Waals surface area contributed by atoms with E-state index in [1.807, 2.05) is 48.5 Å². The van der Waals surface area contributed by atoms with E-state index in [1.165, 1.54) is 14.2 Å². The Balaban J connectivity index is 1.54. The summed E-state index contributed by atoms with van der Waals surface area (Å²) < 4.78 is 21.7. The monoisotopic (exact) mass is 618 g/mol. The molecule has 238 valence electrons. The number of carboxylic acid groups (broad SMARTS) is 1. The van der Waals surface area contributed by atoms with Crippen LogP contribution in [0.1, 0.15) is 49.8 Å². The summed E-state index contributed by atoms with van der Waals surface area (Å²) in [6, 6.07) is 19.1. The molecule has 3 aromatic carbocycles. The maximum Gasteiger partial charge on any atom is 0.407 e. The second-order valence-corrected chi connectivity index (χ2v) is 11.6. The van der Waals surface area contributed by atoms with Crippen LogP contribution in [0, 0.1) is 0 Å². The summed E-state index contributed by atoms with van der Waals surface area (Å²) >= 11 is 0. The van der Waals surface area contributed by atoms with Crippen LogP contribution in [0.2, 0.25) is 0 Å². The number of carboxylic acids is 1. The predicted molar refractivity (Wildman–Crippen MR) is 165 cm³/mol. The van der Waals surface area contributed by atoms with Crippen LogP contribution >= 0.6 is 0 Å². The smallest absolute Gasteiger partial charge is 0.407 e. The standard InChI is InChI=1S/C34H38N2O9/c1-34(2,3)45-31(39)19-36(18-21-14-15-22(42-4)16-29(21)43-5)32(40)28(17-30(37)38)35-33(41)44-20-27-25-12-8-6-10-23(25)24-11-7-9-13-26(24)27/h6-16,27-28H,17-20H2,1-5H3,(H,35,41)(H,37,38)/t28-/m0/s1. The molecule has 11 nitrogen and oxygen atoms in total. The fourth-order valence-electron chi connectivity index (χ4n) is 5.31. The van der Waals surface area contributed by atoms with Crippen molar-refractivity contribution in [3.8, 4) is 22.6 Å². The van der Waals surface area contributed by atoms with Crippen LogP contribution in [-0.4, -0.2) is 73.0 Å². The van der Waals surface area contributed by atoms with E-state index in [0.717, 1.165) is 27.2 Å². The first-order chi connectivity index (χ1) is 21.4. The van der Waals surface area contributed by atoms with E-state index in [0.29, 0.717) is 17.1 Å². The average molecular weight is 619 g/mol. The zero-order valence-electron chi connectivity index (χ0n) is 26.0. The molecule has 0 saturated heterocycles. The normalized spacial score (nSPS) is 12.7. The molecule has 0 spiro atoms. The molecule has 3 aromatic rings. The fraction of sp³-hybridized carbons (Fsp3) is 0.353. The third-order valence-corrected chi connectivity index (χ3v) is 7.22. The number of ether oxygens (including phenoxy) is 4. The van der Waals surface area contributed by atoms with Crippen molar-refractivity contribution in [3.63, 3.8) is 0 Å². The molecular weight excluding hydrogens is 580 g/mol. The van der Waals surface area contributed by atoms with Gasteiger partial charge >= 0.3 is 18.0 Å². The average Bonchev–Trinajstić information content (AvgIpc) is 3.31. The molecule has 1 aliphatic rings. The summed E-state index contributed by atoms with van der Waals surface area (Å²) in [4.78, 5) is 52.7. The van der Waals surface area contributed by atoms with Gasteiger partial charge in [-0.1, -0.05) is 48.5 Å². The molecule has 0 radical (unpaired) electrons. The summed E-state index contributed by atoms with van der Waals surface area (Å²) in [5.74, 6) is -2.18. The van der Waals surface area contributed by atoms with Crippen LogP contribution in [0.15, 0.2) is 66.7 Å². The summed E-state index contributed by atoms with van der Waals surface area (Å²) in [6.07, 6.45) is -1.70. The van der Waals surface area contributed by atoms with Crippen molar-refractivity contribution in [1.29, 1.82) is 0 Å². The van der Waals surface area contributed by atoms with Crippen molar-refractivity contribution < 1.29 is 43.2 Å². The van der Waals surface area contributed by atoms with Gasteiger partial charge in [0, 0.05) is 17.5 Å². The van der Waals surface area contributed by atoms with Crippen molar-refractivity contribution >= 4 is 23.9 Å². The van der Waals surface area contributed by atoms with Gasteiger partial charge in [-0.15, -0.1) is 0 Å². The Bertz CT molecular complexity index is 1520. The molecule has 2 N–H and O–H groups in total. The second-order valence-electron chi connectivity index (χ2n) is 11.6. The number of hydrogen-bond acceptors (Lipinski definition) is 8. The predicted octanol–water partition coefficient (Wildman–Crippen LogP) is 4.76. The minimum Gasteiger partial charge on any atom is -0.497 e. The molecule has 0 bridgehead atoms. The van der Waals surface area contributed by atoms with E-state index in [1.54, 1.807) is 39.0 Å². The van der Waals surface area contributed by atoms with E-state index < -0.39 is 48.5 Å². The minimum atomic E-state index is -1.54. The molecule has 0 saturated carbocycles. The first-order valence-corrected chi connectivity index (χ1v) is 14.4. The van der Waals surface area contributed by atoms with Gasteiger partial charge in [-0.3, -0.25) is 14.4 Å². The molecule has 45 heavy (non-hydrogen) atoms. The number of nitrogens with one attached hydrogen (secondary N) is 1. The van der Waals surface area contributed by atoms with Gasteiger partial charge in [-0.25, -0.2) is 4.79 Å². The van der Waals surface area contributed by atoms with Gasteiger partial charge in [0.05, 0.1) is 27.2 Å². The first-order valence-electron chi connectivity index (χ1n) is 14.4. The van der Waals surface area contributed by atoms with Crippen molar-refractivity contribution in [3.05, 3.63) is 83.4 Å². The highest BCUT2D eigenvalue weighted by Gasteiger charge is 2.33. The number of alkyl carbamates (subject to hydrolysis) is 1. The van der Waals surface area contributed by atoms with Gasteiger partial charge in [0.15, 0.2) is 0 Å². The summed E-state index contributed by atoms with van der Waals surface area (Å²) in [5.41, 5.74) is 3.79. The van der Waals surface area contributed by atoms with Gasteiger partial charge in [0.25, 0.3) is 0 Å². The van der Waals surface area contributed by atoms with E-state index in [4.69, 9.17) is 18.9 Å². The lowest BCUT2D eigenvalue weighted by molar-refractivity contribution is -0.159. The van der Waals surface area contributed by atoms with Crippen molar-refractivity contribution in [2.24, 2.45) is 0 Å². The number of nitrogens with zero attached hydrogens (tertiary/aromatic N) is 1. The molecule has 0 unspecified atom stereocenters.